The Bertz CT molecular complexity index is 619. The van der Waals surface area contributed by atoms with Gasteiger partial charge in [0.25, 0.3) is 5.91 Å². The van der Waals surface area contributed by atoms with Crippen molar-refractivity contribution < 1.29 is 9.18 Å². The highest BCUT2D eigenvalue weighted by Crippen LogP contribution is 2.21. The molecular formula is C15H18FN3O. The SMILES string of the molecule is CC(C)CNC(=O)c1cc(-c2ccccc2F)nn1C. The highest BCUT2D eigenvalue weighted by atomic mass is 19.1. The molecule has 0 aliphatic heterocycles. The molecule has 0 fully saturated rings. The van der Waals surface area contributed by atoms with Crippen LogP contribution in [-0.4, -0.2) is 22.2 Å². The van der Waals surface area contributed by atoms with Crippen molar-refractivity contribution in [2.45, 2.75) is 13.8 Å². The Morgan fingerprint density at radius 3 is 2.75 bits per heavy atom. The van der Waals surface area contributed by atoms with E-state index in [1.165, 1.54) is 10.7 Å². The molecule has 0 saturated heterocycles. The van der Waals surface area contributed by atoms with Gasteiger partial charge in [-0.3, -0.25) is 9.48 Å². The van der Waals surface area contributed by atoms with Crippen LogP contribution in [-0.2, 0) is 7.05 Å². The lowest BCUT2D eigenvalue weighted by molar-refractivity contribution is 0.0939. The van der Waals surface area contributed by atoms with Gasteiger partial charge in [-0.2, -0.15) is 5.10 Å². The molecule has 1 N–H and O–H groups in total. The van der Waals surface area contributed by atoms with Gasteiger partial charge in [0.2, 0.25) is 0 Å². The fraction of sp³-hybridized carbons (Fsp3) is 0.333. The lowest BCUT2D eigenvalue weighted by atomic mass is 10.1. The molecule has 0 aliphatic rings. The third kappa shape index (κ3) is 3.04. The first-order valence-corrected chi connectivity index (χ1v) is 6.56. The number of aromatic nitrogens is 2. The number of benzene rings is 1. The summed E-state index contributed by atoms with van der Waals surface area (Å²) in [5.74, 6) is -0.172. The van der Waals surface area contributed by atoms with Gasteiger partial charge in [-0.15, -0.1) is 0 Å². The van der Waals surface area contributed by atoms with Crippen LogP contribution in [0.4, 0.5) is 4.39 Å². The summed E-state index contributed by atoms with van der Waals surface area (Å²) in [6, 6.07) is 7.99. The van der Waals surface area contributed by atoms with Crippen molar-refractivity contribution in [3.8, 4) is 11.3 Å². The Morgan fingerprint density at radius 2 is 2.10 bits per heavy atom. The number of aryl methyl sites for hydroxylation is 1. The lowest BCUT2D eigenvalue weighted by Gasteiger charge is -2.06. The van der Waals surface area contributed by atoms with Crippen LogP contribution in [0.15, 0.2) is 30.3 Å². The van der Waals surface area contributed by atoms with Crippen molar-refractivity contribution in [1.82, 2.24) is 15.1 Å². The number of amides is 1. The Hall–Kier alpha value is -2.17. The quantitative estimate of drug-likeness (QED) is 0.932. The number of halogens is 1. The zero-order valence-electron chi connectivity index (χ0n) is 11.9. The predicted octanol–water partition coefficient (Wildman–Crippen LogP) is 2.61. The van der Waals surface area contributed by atoms with E-state index in [0.717, 1.165) is 0 Å². The van der Waals surface area contributed by atoms with E-state index in [4.69, 9.17) is 0 Å². The average Bonchev–Trinajstić information content (AvgIpc) is 2.78. The first kappa shape index (κ1) is 14.2. The van der Waals surface area contributed by atoms with Gasteiger partial charge in [-0.25, -0.2) is 4.39 Å². The first-order chi connectivity index (χ1) is 9.49. The van der Waals surface area contributed by atoms with Crippen LogP contribution < -0.4 is 5.32 Å². The summed E-state index contributed by atoms with van der Waals surface area (Å²) in [7, 11) is 1.68. The molecule has 0 atom stereocenters. The predicted molar refractivity (Wildman–Crippen MR) is 75.8 cm³/mol. The third-order valence-corrected chi connectivity index (χ3v) is 2.93. The standard InChI is InChI=1S/C15H18FN3O/c1-10(2)9-17-15(20)14-8-13(18-19(14)3)11-6-4-5-7-12(11)16/h4-8,10H,9H2,1-3H3,(H,17,20). The minimum absolute atomic E-state index is 0.198. The molecule has 1 aromatic carbocycles. The minimum Gasteiger partial charge on any atom is -0.350 e. The molecule has 0 radical (unpaired) electrons. The second kappa shape index (κ2) is 5.86. The van der Waals surface area contributed by atoms with E-state index >= 15 is 0 Å². The van der Waals surface area contributed by atoms with Gasteiger partial charge in [0.15, 0.2) is 0 Å². The summed E-state index contributed by atoms with van der Waals surface area (Å²) in [6.45, 7) is 4.64. The molecule has 106 valence electrons. The molecule has 1 heterocycles. The Morgan fingerprint density at radius 1 is 1.40 bits per heavy atom. The largest absolute Gasteiger partial charge is 0.350 e. The summed E-state index contributed by atoms with van der Waals surface area (Å²) in [4.78, 5) is 12.0. The van der Waals surface area contributed by atoms with Gasteiger partial charge in [-0.1, -0.05) is 26.0 Å². The number of nitrogens with zero attached hydrogens (tertiary/aromatic N) is 2. The van der Waals surface area contributed by atoms with Crippen molar-refractivity contribution in [3.05, 3.63) is 41.8 Å². The van der Waals surface area contributed by atoms with Gasteiger partial charge >= 0.3 is 0 Å². The number of carbonyl (C=O) groups excluding carboxylic acids is 1. The fourth-order valence-electron chi connectivity index (χ4n) is 1.87. The van der Waals surface area contributed by atoms with E-state index in [1.54, 1.807) is 31.3 Å². The molecule has 20 heavy (non-hydrogen) atoms. The fourth-order valence-corrected chi connectivity index (χ4v) is 1.87. The summed E-state index contributed by atoms with van der Waals surface area (Å²) < 4.78 is 15.2. The van der Waals surface area contributed by atoms with Gasteiger partial charge < -0.3 is 5.32 Å². The summed E-state index contributed by atoms with van der Waals surface area (Å²) in [5, 5.41) is 7.03. The van der Waals surface area contributed by atoms with Crippen molar-refractivity contribution in [2.75, 3.05) is 6.54 Å². The normalized spacial score (nSPS) is 10.8. The van der Waals surface area contributed by atoms with Crippen LogP contribution in [0, 0.1) is 11.7 Å². The molecule has 1 amide bonds. The van der Waals surface area contributed by atoms with Crippen molar-refractivity contribution >= 4 is 5.91 Å². The van der Waals surface area contributed by atoms with Crippen LogP contribution in [0.1, 0.15) is 24.3 Å². The second-order valence-electron chi connectivity index (χ2n) is 5.12. The van der Waals surface area contributed by atoms with Crippen molar-refractivity contribution in [1.29, 1.82) is 0 Å². The van der Waals surface area contributed by atoms with Gasteiger partial charge in [0.1, 0.15) is 11.5 Å². The first-order valence-electron chi connectivity index (χ1n) is 6.56. The number of rotatable bonds is 4. The van der Waals surface area contributed by atoms with Crippen LogP contribution in [0.3, 0.4) is 0 Å². The van der Waals surface area contributed by atoms with Crippen LogP contribution in [0.5, 0.6) is 0 Å². The van der Waals surface area contributed by atoms with Crippen LogP contribution in [0.25, 0.3) is 11.3 Å². The maximum absolute atomic E-state index is 13.7. The van der Waals surface area contributed by atoms with E-state index in [2.05, 4.69) is 10.4 Å². The van der Waals surface area contributed by atoms with E-state index in [0.29, 0.717) is 29.4 Å². The van der Waals surface area contributed by atoms with Crippen molar-refractivity contribution in [3.63, 3.8) is 0 Å². The maximum atomic E-state index is 13.7. The molecule has 2 rings (SSSR count). The highest BCUT2D eigenvalue weighted by molar-refractivity contribution is 5.93. The van der Waals surface area contributed by atoms with Crippen molar-refractivity contribution in [2.24, 2.45) is 13.0 Å². The summed E-state index contributed by atoms with van der Waals surface area (Å²) >= 11 is 0. The average molecular weight is 275 g/mol. The van der Waals surface area contributed by atoms with Gasteiger partial charge in [0.05, 0.1) is 5.69 Å². The molecule has 1 aromatic heterocycles. The Balaban J connectivity index is 2.26. The molecule has 5 heteroatoms. The monoisotopic (exact) mass is 275 g/mol. The molecule has 0 unspecified atom stereocenters. The van der Waals surface area contributed by atoms with E-state index in [-0.39, 0.29) is 11.7 Å². The number of carbonyl (C=O) groups is 1. The zero-order chi connectivity index (χ0) is 14.7. The number of hydrogen-bond acceptors (Lipinski definition) is 2. The summed E-state index contributed by atoms with van der Waals surface area (Å²) in [5.41, 5.74) is 1.27. The van der Waals surface area contributed by atoms with E-state index in [1.807, 2.05) is 13.8 Å². The van der Waals surface area contributed by atoms with Gasteiger partial charge in [0, 0.05) is 19.2 Å². The smallest absolute Gasteiger partial charge is 0.269 e. The molecular weight excluding hydrogens is 257 g/mol. The van der Waals surface area contributed by atoms with Gasteiger partial charge in [-0.05, 0) is 24.1 Å². The Labute approximate surface area is 117 Å². The molecule has 4 nitrogen and oxygen atoms in total. The molecule has 0 aliphatic carbocycles. The lowest BCUT2D eigenvalue weighted by Crippen LogP contribution is -2.28. The van der Waals surface area contributed by atoms with E-state index in [9.17, 15) is 9.18 Å². The highest BCUT2D eigenvalue weighted by Gasteiger charge is 2.15. The minimum atomic E-state index is -0.347. The molecule has 0 saturated carbocycles. The second-order valence-corrected chi connectivity index (χ2v) is 5.12. The zero-order valence-corrected chi connectivity index (χ0v) is 11.9. The number of hydrogen-bond donors (Lipinski definition) is 1. The maximum Gasteiger partial charge on any atom is 0.269 e. The number of nitrogens with one attached hydrogen (secondary N) is 1. The topological polar surface area (TPSA) is 46.9 Å². The van der Waals surface area contributed by atoms with Crippen LogP contribution >= 0.6 is 0 Å². The van der Waals surface area contributed by atoms with Crippen LogP contribution in [0.2, 0.25) is 0 Å². The molecule has 0 bridgehead atoms. The Kier molecular flexibility index (Phi) is 4.17. The third-order valence-electron chi connectivity index (χ3n) is 2.93. The molecule has 0 spiro atoms. The molecule has 2 aromatic rings. The summed E-state index contributed by atoms with van der Waals surface area (Å²) in [6.07, 6.45) is 0. The van der Waals surface area contributed by atoms with E-state index < -0.39 is 0 Å².